The van der Waals surface area contributed by atoms with Gasteiger partial charge in [-0.2, -0.15) is 0 Å². The molecule has 68 valence electrons. The van der Waals surface area contributed by atoms with Gasteiger partial charge in [-0.15, -0.1) is 0 Å². The van der Waals surface area contributed by atoms with Crippen molar-refractivity contribution in [2.45, 2.75) is 52.1 Å². The van der Waals surface area contributed by atoms with Crippen LogP contribution in [0.25, 0.3) is 0 Å². The predicted octanol–water partition coefficient (Wildman–Crippen LogP) is 2.00. The van der Waals surface area contributed by atoms with E-state index in [0.717, 1.165) is 6.42 Å². The van der Waals surface area contributed by atoms with E-state index >= 15 is 0 Å². The highest BCUT2D eigenvalue weighted by Crippen LogP contribution is 2.10. The summed E-state index contributed by atoms with van der Waals surface area (Å²) in [6.07, 6.45) is 0.688. The van der Waals surface area contributed by atoms with Crippen molar-refractivity contribution in [2.75, 3.05) is 0 Å². The molecule has 0 aliphatic heterocycles. The number of rotatable bonds is 4. The fourth-order valence-electron chi connectivity index (χ4n) is 1.13. The van der Waals surface area contributed by atoms with Crippen molar-refractivity contribution in [3.8, 4) is 0 Å². The summed E-state index contributed by atoms with van der Waals surface area (Å²) in [5.41, 5.74) is 0. The molecule has 2 atom stereocenters. The van der Waals surface area contributed by atoms with E-state index in [-0.39, 0.29) is 12.2 Å². The summed E-state index contributed by atoms with van der Waals surface area (Å²) in [5.74, 6) is 0. The van der Waals surface area contributed by atoms with Gasteiger partial charge in [-0.3, -0.25) is 0 Å². The Bertz CT molecular complexity index is 107. The summed E-state index contributed by atoms with van der Waals surface area (Å²) in [4.78, 5) is 0. The third kappa shape index (κ3) is 8.04. The topological polar surface area (TPSA) is 29.5 Å². The molecule has 0 bridgehead atoms. The minimum atomic E-state index is -1.40. The molecule has 1 N–H and O–H groups in total. The summed E-state index contributed by atoms with van der Waals surface area (Å²) in [6.45, 7) is 10.3. The molecule has 0 saturated heterocycles. The Hall–Kier alpha value is 0.137. The summed E-state index contributed by atoms with van der Waals surface area (Å²) in [7, 11) is -1.40. The van der Waals surface area contributed by atoms with Gasteiger partial charge < -0.3 is 9.53 Å². The summed E-state index contributed by atoms with van der Waals surface area (Å²) in [5, 5.41) is 9.06. The quantitative estimate of drug-likeness (QED) is 0.664. The minimum absolute atomic E-state index is 0.196. The molecule has 0 aromatic heterocycles. The zero-order valence-electron chi connectivity index (χ0n) is 8.22. The Morgan fingerprint density at radius 2 is 1.73 bits per heavy atom. The molecule has 0 aromatic carbocycles. The lowest BCUT2D eigenvalue weighted by atomic mass is 10.2. The Morgan fingerprint density at radius 3 is 2.00 bits per heavy atom. The highest BCUT2D eigenvalue weighted by atomic mass is 28.4. The van der Waals surface area contributed by atoms with Crippen LogP contribution >= 0.6 is 0 Å². The maximum atomic E-state index is 9.06. The Kier molecular flexibility index (Phi) is 4.29. The predicted molar refractivity (Wildman–Crippen MR) is 50.2 cm³/mol. The monoisotopic (exact) mass is 176 g/mol. The smallest absolute Gasteiger partial charge is 0.184 e. The largest absolute Gasteiger partial charge is 0.415 e. The second-order valence-corrected chi connectivity index (χ2v) is 8.59. The third-order valence-electron chi connectivity index (χ3n) is 1.23. The summed E-state index contributed by atoms with van der Waals surface area (Å²) >= 11 is 0. The average Bonchev–Trinajstić information content (AvgIpc) is 1.53. The van der Waals surface area contributed by atoms with Crippen molar-refractivity contribution in [3.05, 3.63) is 0 Å². The van der Waals surface area contributed by atoms with Gasteiger partial charge in [0, 0.05) is 6.10 Å². The molecule has 0 aromatic rings. The van der Waals surface area contributed by atoms with Crippen molar-refractivity contribution >= 4 is 8.32 Å². The van der Waals surface area contributed by atoms with Gasteiger partial charge in [-0.1, -0.05) is 0 Å². The number of hydrogen-bond acceptors (Lipinski definition) is 2. The first-order chi connectivity index (χ1) is 4.81. The first kappa shape index (κ1) is 11.1. The molecular weight excluding hydrogens is 156 g/mol. The molecular formula is C8H20O2Si. The minimum Gasteiger partial charge on any atom is -0.415 e. The number of hydrogen-bond donors (Lipinski definition) is 1. The van der Waals surface area contributed by atoms with E-state index in [2.05, 4.69) is 19.6 Å². The van der Waals surface area contributed by atoms with Crippen molar-refractivity contribution in [2.24, 2.45) is 0 Å². The molecule has 0 spiro atoms. The van der Waals surface area contributed by atoms with Crippen LogP contribution in [0.3, 0.4) is 0 Å². The fraction of sp³-hybridized carbons (Fsp3) is 1.00. The number of aliphatic hydroxyl groups excluding tert-OH is 1. The fourth-order valence-corrected chi connectivity index (χ4v) is 2.44. The molecule has 0 rings (SSSR count). The Labute approximate surface area is 70.7 Å². The van der Waals surface area contributed by atoms with Gasteiger partial charge in [0.25, 0.3) is 0 Å². The van der Waals surface area contributed by atoms with E-state index in [1.807, 2.05) is 6.92 Å². The lowest BCUT2D eigenvalue weighted by molar-refractivity contribution is 0.112. The molecule has 0 aliphatic carbocycles. The third-order valence-corrected chi connectivity index (χ3v) is 2.34. The van der Waals surface area contributed by atoms with Gasteiger partial charge in [0.15, 0.2) is 8.32 Å². The molecule has 2 nitrogen and oxygen atoms in total. The van der Waals surface area contributed by atoms with Crippen molar-refractivity contribution < 1.29 is 9.53 Å². The van der Waals surface area contributed by atoms with Gasteiger partial charge in [-0.05, 0) is 39.9 Å². The second kappa shape index (κ2) is 4.23. The molecule has 0 amide bonds. The van der Waals surface area contributed by atoms with Crippen LogP contribution in [0.1, 0.15) is 20.3 Å². The molecule has 0 unspecified atom stereocenters. The number of aliphatic hydroxyl groups is 1. The maximum Gasteiger partial charge on any atom is 0.184 e. The van der Waals surface area contributed by atoms with Crippen LogP contribution in [0, 0.1) is 0 Å². The first-order valence-electron chi connectivity index (χ1n) is 4.17. The SMILES string of the molecule is C[C@H](C[C@@H](C)O)O[Si](C)(C)C. The lowest BCUT2D eigenvalue weighted by Gasteiger charge is -2.24. The van der Waals surface area contributed by atoms with Crippen LogP contribution in [0.4, 0.5) is 0 Å². The van der Waals surface area contributed by atoms with Crippen LogP contribution in [-0.2, 0) is 4.43 Å². The second-order valence-electron chi connectivity index (χ2n) is 4.13. The van der Waals surface area contributed by atoms with Crippen molar-refractivity contribution in [3.63, 3.8) is 0 Å². The lowest BCUT2D eigenvalue weighted by Crippen LogP contribution is -2.31. The summed E-state index contributed by atoms with van der Waals surface area (Å²) in [6, 6.07) is 0. The molecule has 0 aliphatic rings. The van der Waals surface area contributed by atoms with Crippen molar-refractivity contribution in [1.82, 2.24) is 0 Å². The molecule has 3 heteroatoms. The Balaban J connectivity index is 3.61. The van der Waals surface area contributed by atoms with Gasteiger partial charge in [-0.25, -0.2) is 0 Å². The van der Waals surface area contributed by atoms with Gasteiger partial charge in [0.1, 0.15) is 0 Å². The van der Waals surface area contributed by atoms with E-state index in [9.17, 15) is 0 Å². The zero-order valence-corrected chi connectivity index (χ0v) is 9.22. The Morgan fingerprint density at radius 1 is 1.27 bits per heavy atom. The van der Waals surface area contributed by atoms with Gasteiger partial charge in [0.2, 0.25) is 0 Å². The van der Waals surface area contributed by atoms with E-state index in [4.69, 9.17) is 9.53 Å². The van der Waals surface area contributed by atoms with E-state index in [0.29, 0.717) is 0 Å². The van der Waals surface area contributed by atoms with Crippen LogP contribution in [-0.4, -0.2) is 25.6 Å². The standard InChI is InChI=1S/C8H20O2Si/c1-7(9)6-8(2)10-11(3,4)5/h7-9H,6H2,1-5H3/t7-,8-/m1/s1. The molecule has 0 radical (unpaired) electrons. The molecule has 0 heterocycles. The van der Waals surface area contributed by atoms with Crippen molar-refractivity contribution in [1.29, 1.82) is 0 Å². The average molecular weight is 176 g/mol. The first-order valence-corrected chi connectivity index (χ1v) is 7.58. The van der Waals surface area contributed by atoms with E-state index in [1.54, 1.807) is 6.92 Å². The van der Waals surface area contributed by atoms with Crippen LogP contribution in [0.5, 0.6) is 0 Å². The van der Waals surface area contributed by atoms with Crippen LogP contribution in [0.2, 0.25) is 19.6 Å². The van der Waals surface area contributed by atoms with Crippen LogP contribution in [0.15, 0.2) is 0 Å². The highest BCUT2D eigenvalue weighted by molar-refractivity contribution is 6.69. The highest BCUT2D eigenvalue weighted by Gasteiger charge is 2.18. The molecule has 0 saturated carbocycles. The van der Waals surface area contributed by atoms with E-state index < -0.39 is 8.32 Å². The maximum absolute atomic E-state index is 9.06. The zero-order chi connectivity index (χ0) is 9.07. The van der Waals surface area contributed by atoms with Gasteiger partial charge >= 0.3 is 0 Å². The van der Waals surface area contributed by atoms with Crippen LogP contribution < -0.4 is 0 Å². The normalized spacial score (nSPS) is 18.0. The molecule has 11 heavy (non-hydrogen) atoms. The van der Waals surface area contributed by atoms with E-state index in [1.165, 1.54) is 0 Å². The summed E-state index contributed by atoms with van der Waals surface area (Å²) < 4.78 is 5.73. The molecule has 0 fully saturated rings. The van der Waals surface area contributed by atoms with Gasteiger partial charge in [0.05, 0.1) is 6.10 Å².